The third kappa shape index (κ3) is 4.83. The van der Waals surface area contributed by atoms with Crippen molar-refractivity contribution in [3.05, 3.63) is 64.7 Å². The first-order chi connectivity index (χ1) is 12.6. The van der Waals surface area contributed by atoms with E-state index in [-0.39, 0.29) is 5.91 Å². The zero-order chi connectivity index (χ0) is 18.4. The number of hydrogen-bond donors (Lipinski definition) is 1. The van der Waals surface area contributed by atoms with E-state index in [1.807, 2.05) is 55.5 Å². The SMILES string of the molecule is Cc1ccc(-n2nnnc2SCCC(=O)NCc2ccccc2Cl)cc1. The molecule has 0 aliphatic heterocycles. The molecule has 6 nitrogen and oxygen atoms in total. The van der Waals surface area contributed by atoms with Crippen molar-refractivity contribution in [3.8, 4) is 5.69 Å². The van der Waals surface area contributed by atoms with Crippen LogP contribution in [0, 0.1) is 6.92 Å². The highest BCUT2D eigenvalue weighted by Gasteiger charge is 2.10. The minimum Gasteiger partial charge on any atom is -0.352 e. The van der Waals surface area contributed by atoms with Gasteiger partial charge in [-0.25, -0.2) is 0 Å². The summed E-state index contributed by atoms with van der Waals surface area (Å²) in [5.74, 6) is 0.549. The molecule has 3 aromatic rings. The monoisotopic (exact) mass is 387 g/mol. The Balaban J connectivity index is 1.49. The van der Waals surface area contributed by atoms with Crippen LogP contribution in [0.1, 0.15) is 17.5 Å². The largest absolute Gasteiger partial charge is 0.352 e. The average molecular weight is 388 g/mol. The lowest BCUT2D eigenvalue weighted by molar-refractivity contribution is -0.120. The van der Waals surface area contributed by atoms with Crippen LogP contribution in [-0.2, 0) is 11.3 Å². The topological polar surface area (TPSA) is 72.7 Å². The zero-order valence-corrected chi connectivity index (χ0v) is 15.8. The fourth-order valence-electron chi connectivity index (χ4n) is 2.28. The van der Waals surface area contributed by atoms with E-state index in [1.54, 1.807) is 4.68 Å². The van der Waals surface area contributed by atoms with Gasteiger partial charge in [-0.3, -0.25) is 4.79 Å². The first kappa shape index (κ1) is 18.4. The lowest BCUT2D eigenvalue weighted by Crippen LogP contribution is -2.23. The van der Waals surface area contributed by atoms with Gasteiger partial charge in [-0.2, -0.15) is 4.68 Å². The number of carbonyl (C=O) groups excluding carboxylic acids is 1. The molecule has 2 aromatic carbocycles. The van der Waals surface area contributed by atoms with Gasteiger partial charge in [-0.15, -0.1) is 5.10 Å². The Hall–Kier alpha value is -2.38. The van der Waals surface area contributed by atoms with E-state index >= 15 is 0 Å². The Kier molecular flexibility index (Phi) is 6.25. The molecular formula is C18H18ClN5OS. The van der Waals surface area contributed by atoms with Crippen LogP contribution in [0.5, 0.6) is 0 Å². The van der Waals surface area contributed by atoms with Crippen LogP contribution >= 0.6 is 23.4 Å². The molecule has 0 unspecified atom stereocenters. The third-order valence-electron chi connectivity index (χ3n) is 3.71. The molecule has 26 heavy (non-hydrogen) atoms. The fourth-order valence-corrected chi connectivity index (χ4v) is 3.31. The molecule has 1 heterocycles. The van der Waals surface area contributed by atoms with E-state index in [4.69, 9.17) is 11.6 Å². The number of amides is 1. The quantitative estimate of drug-likeness (QED) is 0.629. The first-order valence-corrected chi connectivity index (χ1v) is 9.48. The molecule has 0 fully saturated rings. The molecule has 0 spiro atoms. The van der Waals surface area contributed by atoms with Crippen molar-refractivity contribution in [1.29, 1.82) is 0 Å². The van der Waals surface area contributed by atoms with Crippen LogP contribution in [0.4, 0.5) is 0 Å². The second kappa shape index (κ2) is 8.82. The van der Waals surface area contributed by atoms with Gasteiger partial charge >= 0.3 is 0 Å². The molecule has 0 radical (unpaired) electrons. The van der Waals surface area contributed by atoms with Crippen LogP contribution in [-0.4, -0.2) is 31.9 Å². The second-order valence-electron chi connectivity index (χ2n) is 5.68. The van der Waals surface area contributed by atoms with Crippen molar-refractivity contribution in [1.82, 2.24) is 25.5 Å². The van der Waals surface area contributed by atoms with Crippen molar-refractivity contribution < 1.29 is 4.79 Å². The second-order valence-corrected chi connectivity index (χ2v) is 7.14. The number of carbonyl (C=O) groups is 1. The number of benzene rings is 2. The molecule has 134 valence electrons. The van der Waals surface area contributed by atoms with Gasteiger partial charge in [0.25, 0.3) is 0 Å². The maximum absolute atomic E-state index is 12.0. The number of nitrogens with zero attached hydrogens (tertiary/aromatic N) is 4. The maximum atomic E-state index is 12.0. The first-order valence-electron chi connectivity index (χ1n) is 8.12. The van der Waals surface area contributed by atoms with Crippen LogP contribution < -0.4 is 5.32 Å². The summed E-state index contributed by atoms with van der Waals surface area (Å²) in [7, 11) is 0. The lowest BCUT2D eigenvalue weighted by Gasteiger charge is -2.07. The molecule has 0 aliphatic carbocycles. The van der Waals surface area contributed by atoms with Crippen molar-refractivity contribution in [2.45, 2.75) is 25.0 Å². The van der Waals surface area contributed by atoms with Gasteiger partial charge in [0.1, 0.15) is 0 Å². The number of aromatic nitrogens is 4. The van der Waals surface area contributed by atoms with E-state index in [1.165, 1.54) is 17.3 Å². The normalized spacial score (nSPS) is 10.7. The van der Waals surface area contributed by atoms with Crippen LogP contribution in [0.2, 0.25) is 5.02 Å². The Labute approximate surface area is 160 Å². The number of aryl methyl sites for hydroxylation is 1. The standard InChI is InChI=1S/C18H18ClN5OS/c1-13-6-8-15(9-7-13)24-18(21-22-23-24)26-11-10-17(25)20-12-14-4-2-3-5-16(14)19/h2-9H,10-12H2,1H3,(H,20,25). The summed E-state index contributed by atoms with van der Waals surface area (Å²) in [6.45, 7) is 2.45. The lowest BCUT2D eigenvalue weighted by atomic mass is 10.2. The Morgan fingerprint density at radius 3 is 2.73 bits per heavy atom. The van der Waals surface area contributed by atoms with Crippen molar-refractivity contribution in [3.63, 3.8) is 0 Å². The Morgan fingerprint density at radius 2 is 1.96 bits per heavy atom. The van der Waals surface area contributed by atoms with Crippen molar-refractivity contribution in [2.75, 3.05) is 5.75 Å². The summed E-state index contributed by atoms with van der Waals surface area (Å²) >= 11 is 7.53. The minimum absolute atomic E-state index is 0.0354. The van der Waals surface area contributed by atoms with Gasteiger partial charge in [0.15, 0.2) is 0 Å². The van der Waals surface area contributed by atoms with Gasteiger partial charge in [0, 0.05) is 23.7 Å². The molecule has 1 N–H and O–H groups in total. The summed E-state index contributed by atoms with van der Waals surface area (Å²) < 4.78 is 1.67. The molecule has 0 saturated heterocycles. The summed E-state index contributed by atoms with van der Waals surface area (Å²) in [5.41, 5.74) is 2.97. The van der Waals surface area contributed by atoms with Crippen molar-refractivity contribution >= 4 is 29.3 Å². The number of halogens is 1. The average Bonchev–Trinajstić information content (AvgIpc) is 3.10. The number of hydrogen-bond acceptors (Lipinski definition) is 5. The van der Waals surface area contributed by atoms with Gasteiger partial charge in [-0.1, -0.05) is 59.3 Å². The predicted molar refractivity (Wildman–Crippen MR) is 103 cm³/mol. The van der Waals surface area contributed by atoms with Crippen molar-refractivity contribution in [2.24, 2.45) is 0 Å². The number of tetrazole rings is 1. The summed E-state index contributed by atoms with van der Waals surface area (Å²) in [6, 6.07) is 15.4. The van der Waals surface area contributed by atoms with Gasteiger partial charge in [0.05, 0.1) is 5.69 Å². The van der Waals surface area contributed by atoms with Gasteiger partial charge in [0.2, 0.25) is 11.1 Å². The summed E-state index contributed by atoms with van der Waals surface area (Å²) in [6.07, 6.45) is 0.371. The highest BCUT2D eigenvalue weighted by Crippen LogP contribution is 2.19. The smallest absolute Gasteiger partial charge is 0.221 e. The number of thioether (sulfide) groups is 1. The fraction of sp³-hybridized carbons (Fsp3) is 0.222. The molecule has 0 bridgehead atoms. The minimum atomic E-state index is -0.0354. The molecule has 0 saturated carbocycles. The maximum Gasteiger partial charge on any atom is 0.221 e. The van der Waals surface area contributed by atoms with E-state index < -0.39 is 0 Å². The van der Waals surface area contributed by atoms with Gasteiger partial charge < -0.3 is 5.32 Å². The highest BCUT2D eigenvalue weighted by atomic mass is 35.5. The molecule has 3 rings (SSSR count). The van der Waals surface area contributed by atoms with Crippen LogP contribution in [0.15, 0.2) is 53.7 Å². The molecule has 1 aromatic heterocycles. The molecule has 8 heteroatoms. The van der Waals surface area contributed by atoms with E-state index in [2.05, 4.69) is 20.8 Å². The van der Waals surface area contributed by atoms with Gasteiger partial charge in [-0.05, 0) is 41.1 Å². The predicted octanol–water partition coefficient (Wildman–Crippen LogP) is 3.42. The molecule has 1 amide bonds. The number of nitrogens with one attached hydrogen (secondary N) is 1. The molecule has 0 aliphatic rings. The van der Waals surface area contributed by atoms with Crippen LogP contribution in [0.3, 0.4) is 0 Å². The third-order valence-corrected chi connectivity index (χ3v) is 5.00. The summed E-state index contributed by atoms with van der Waals surface area (Å²) in [5, 5.41) is 16.0. The van der Waals surface area contributed by atoms with E-state index in [9.17, 15) is 4.79 Å². The zero-order valence-electron chi connectivity index (χ0n) is 14.2. The molecular weight excluding hydrogens is 370 g/mol. The summed E-state index contributed by atoms with van der Waals surface area (Å²) in [4.78, 5) is 12.0. The highest BCUT2D eigenvalue weighted by molar-refractivity contribution is 7.99. The van der Waals surface area contributed by atoms with Crippen LogP contribution in [0.25, 0.3) is 5.69 Å². The van der Waals surface area contributed by atoms with E-state index in [0.717, 1.165) is 11.3 Å². The van der Waals surface area contributed by atoms with E-state index in [0.29, 0.717) is 28.9 Å². The Bertz CT molecular complexity index is 881. The molecule has 0 atom stereocenters. The Morgan fingerprint density at radius 1 is 1.19 bits per heavy atom. The number of rotatable bonds is 7.